The average Bonchev–Trinajstić information content (AvgIpc) is 2.28. The summed E-state index contributed by atoms with van der Waals surface area (Å²) < 4.78 is 6.07. The lowest BCUT2D eigenvalue weighted by atomic mass is 9.85. The molecule has 0 radical (unpaired) electrons. The second kappa shape index (κ2) is 6.26. The minimum atomic E-state index is -1.77. The van der Waals surface area contributed by atoms with E-state index in [0.29, 0.717) is 19.4 Å². The molecule has 2 N–H and O–H groups in total. The number of nitrogens with one attached hydrogen (secondary N) is 1. The Morgan fingerprint density at radius 2 is 1.95 bits per heavy atom. The van der Waals surface area contributed by atoms with Gasteiger partial charge in [0.2, 0.25) is 5.91 Å². The highest BCUT2D eigenvalue weighted by Gasteiger charge is 2.40. The van der Waals surface area contributed by atoms with Crippen LogP contribution in [0.4, 0.5) is 0 Å². The maximum absolute atomic E-state index is 11.5. The monoisotopic (exact) mass is 301 g/mol. The van der Waals surface area contributed by atoms with Gasteiger partial charge in [-0.05, 0) is 31.0 Å². The van der Waals surface area contributed by atoms with Gasteiger partial charge in [-0.1, -0.05) is 20.8 Å². The van der Waals surface area contributed by atoms with Gasteiger partial charge >= 0.3 is 5.97 Å². The summed E-state index contributed by atoms with van der Waals surface area (Å²) in [7, 11) is -1.77. The van der Waals surface area contributed by atoms with Gasteiger partial charge in [-0.15, -0.1) is 0 Å². The molecule has 1 amide bonds. The van der Waals surface area contributed by atoms with Crippen molar-refractivity contribution in [1.29, 1.82) is 0 Å². The molecular weight excluding hydrogens is 274 g/mol. The fraction of sp³-hybridized carbons (Fsp3) is 0.857. The SMILES string of the molecule is CC(C)(C)[Si](C)(C)OCC[C@@H]1C(=O)N[C@H]1CCC(=O)O. The number of β-lactam (4-membered cyclic amide) rings is 1. The fourth-order valence-electron chi connectivity index (χ4n) is 2.02. The summed E-state index contributed by atoms with van der Waals surface area (Å²) in [6, 6.07) is 0.00150. The summed E-state index contributed by atoms with van der Waals surface area (Å²) in [4.78, 5) is 22.1. The van der Waals surface area contributed by atoms with Crippen molar-refractivity contribution in [3.63, 3.8) is 0 Å². The van der Waals surface area contributed by atoms with Crippen molar-refractivity contribution in [1.82, 2.24) is 5.32 Å². The quantitative estimate of drug-likeness (QED) is 0.559. The highest BCUT2D eigenvalue weighted by atomic mass is 28.4. The van der Waals surface area contributed by atoms with Gasteiger partial charge in [0, 0.05) is 19.1 Å². The Kier molecular flexibility index (Phi) is 5.37. The van der Waals surface area contributed by atoms with Crippen LogP contribution in [0.15, 0.2) is 0 Å². The minimum Gasteiger partial charge on any atom is -0.481 e. The molecule has 0 bridgehead atoms. The molecule has 0 aromatic heterocycles. The fourth-order valence-corrected chi connectivity index (χ4v) is 3.08. The predicted octanol–water partition coefficient (Wildman–Crippen LogP) is 2.38. The summed E-state index contributed by atoms with van der Waals surface area (Å²) in [5, 5.41) is 11.6. The van der Waals surface area contributed by atoms with E-state index in [1.807, 2.05) is 0 Å². The largest absolute Gasteiger partial charge is 0.481 e. The molecule has 1 saturated heterocycles. The molecule has 116 valence electrons. The highest BCUT2D eigenvalue weighted by Crippen LogP contribution is 2.37. The number of rotatable bonds is 7. The van der Waals surface area contributed by atoms with E-state index in [1.54, 1.807) is 0 Å². The summed E-state index contributed by atoms with van der Waals surface area (Å²) in [6.45, 7) is 11.5. The minimum absolute atomic E-state index is 0.00150. The van der Waals surface area contributed by atoms with Gasteiger partial charge in [-0.25, -0.2) is 0 Å². The Bertz CT molecular complexity index is 376. The first-order chi connectivity index (χ1) is 9.04. The van der Waals surface area contributed by atoms with E-state index in [1.165, 1.54) is 0 Å². The van der Waals surface area contributed by atoms with Gasteiger partial charge in [0.25, 0.3) is 0 Å². The van der Waals surface area contributed by atoms with Gasteiger partial charge in [0.05, 0.1) is 5.92 Å². The number of carbonyl (C=O) groups is 2. The van der Waals surface area contributed by atoms with Crippen LogP contribution < -0.4 is 5.32 Å². The summed E-state index contributed by atoms with van der Waals surface area (Å²) in [5.41, 5.74) is 0. The van der Waals surface area contributed by atoms with E-state index in [0.717, 1.165) is 0 Å². The first kappa shape index (κ1) is 17.2. The molecule has 1 fully saturated rings. The molecule has 1 aliphatic heterocycles. The molecule has 6 heteroatoms. The molecule has 1 heterocycles. The molecule has 1 rings (SSSR count). The Balaban J connectivity index is 2.37. The maximum Gasteiger partial charge on any atom is 0.303 e. The van der Waals surface area contributed by atoms with Crippen LogP contribution in [-0.4, -0.2) is 37.9 Å². The van der Waals surface area contributed by atoms with Crippen LogP contribution in [0.1, 0.15) is 40.0 Å². The number of hydrogen-bond acceptors (Lipinski definition) is 3. The second-order valence-electron chi connectivity index (χ2n) is 7.05. The Morgan fingerprint density at radius 3 is 2.40 bits per heavy atom. The molecule has 0 spiro atoms. The third-order valence-electron chi connectivity index (χ3n) is 4.52. The van der Waals surface area contributed by atoms with E-state index in [-0.39, 0.29) is 29.3 Å². The number of amides is 1. The Hall–Kier alpha value is -0.883. The predicted molar refractivity (Wildman–Crippen MR) is 80.1 cm³/mol. The lowest BCUT2D eigenvalue weighted by molar-refractivity contribution is -0.140. The zero-order chi connectivity index (χ0) is 15.6. The van der Waals surface area contributed by atoms with Crippen LogP contribution in [-0.2, 0) is 14.0 Å². The smallest absolute Gasteiger partial charge is 0.303 e. The zero-order valence-corrected chi connectivity index (χ0v) is 14.2. The molecule has 2 atom stereocenters. The molecule has 20 heavy (non-hydrogen) atoms. The van der Waals surface area contributed by atoms with Gasteiger partial charge in [0.1, 0.15) is 0 Å². The summed E-state index contributed by atoms with van der Waals surface area (Å²) in [5.74, 6) is -0.874. The number of aliphatic carboxylic acids is 1. The van der Waals surface area contributed by atoms with Crippen molar-refractivity contribution in [3.8, 4) is 0 Å². The molecular formula is C14H27NO4Si. The molecule has 1 aliphatic rings. The van der Waals surface area contributed by atoms with Crippen molar-refractivity contribution >= 4 is 20.2 Å². The second-order valence-corrected chi connectivity index (χ2v) is 11.9. The zero-order valence-electron chi connectivity index (χ0n) is 13.2. The van der Waals surface area contributed by atoms with Crippen LogP contribution in [0.2, 0.25) is 18.1 Å². The maximum atomic E-state index is 11.5. The van der Waals surface area contributed by atoms with Crippen molar-refractivity contribution in [2.75, 3.05) is 6.61 Å². The Labute approximate surface area is 122 Å². The van der Waals surface area contributed by atoms with Crippen LogP contribution in [0, 0.1) is 5.92 Å². The van der Waals surface area contributed by atoms with Gasteiger partial charge in [-0.3, -0.25) is 9.59 Å². The van der Waals surface area contributed by atoms with E-state index >= 15 is 0 Å². The van der Waals surface area contributed by atoms with Crippen LogP contribution >= 0.6 is 0 Å². The van der Waals surface area contributed by atoms with Crippen molar-refractivity contribution in [2.45, 2.75) is 64.2 Å². The van der Waals surface area contributed by atoms with E-state index in [4.69, 9.17) is 9.53 Å². The molecule has 0 aromatic rings. The Morgan fingerprint density at radius 1 is 1.35 bits per heavy atom. The third-order valence-corrected chi connectivity index (χ3v) is 9.06. The molecule has 0 unspecified atom stereocenters. The van der Waals surface area contributed by atoms with Crippen LogP contribution in [0.25, 0.3) is 0 Å². The average molecular weight is 301 g/mol. The summed E-state index contributed by atoms with van der Waals surface area (Å²) >= 11 is 0. The standard InChI is InChI=1S/C14H27NO4Si/c1-14(2,3)20(4,5)19-9-8-10-11(15-13(10)18)6-7-12(16)17/h10-11H,6-9H2,1-5H3,(H,15,18)(H,16,17)/t10-,11-/m0/s1. The van der Waals surface area contributed by atoms with Crippen LogP contribution in [0.3, 0.4) is 0 Å². The van der Waals surface area contributed by atoms with E-state index < -0.39 is 14.3 Å². The topological polar surface area (TPSA) is 75.6 Å². The molecule has 0 saturated carbocycles. The van der Waals surface area contributed by atoms with Gasteiger partial charge in [0.15, 0.2) is 8.32 Å². The molecule has 5 nitrogen and oxygen atoms in total. The number of carbonyl (C=O) groups excluding carboxylic acids is 1. The summed E-state index contributed by atoms with van der Waals surface area (Å²) in [6.07, 6.45) is 1.29. The van der Waals surface area contributed by atoms with E-state index in [2.05, 4.69) is 39.2 Å². The van der Waals surface area contributed by atoms with Crippen molar-refractivity contribution < 1.29 is 19.1 Å². The van der Waals surface area contributed by atoms with E-state index in [9.17, 15) is 9.59 Å². The molecule has 0 aliphatic carbocycles. The van der Waals surface area contributed by atoms with Crippen molar-refractivity contribution in [2.24, 2.45) is 5.92 Å². The number of hydrogen-bond donors (Lipinski definition) is 2. The first-order valence-corrected chi connectivity index (χ1v) is 10.1. The van der Waals surface area contributed by atoms with Gasteiger partial charge in [-0.2, -0.15) is 0 Å². The number of carboxylic acids is 1. The van der Waals surface area contributed by atoms with Gasteiger partial charge < -0.3 is 14.8 Å². The molecule has 0 aromatic carbocycles. The third kappa shape index (κ3) is 4.31. The van der Waals surface area contributed by atoms with Crippen molar-refractivity contribution in [3.05, 3.63) is 0 Å². The lowest BCUT2D eigenvalue weighted by Gasteiger charge is -2.39. The van der Waals surface area contributed by atoms with Crippen LogP contribution in [0.5, 0.6) is 0 Å². The lowest BCUT2D eigenvalue weighted by Crippen LogP contribution is -2.58. The number of carboxylic acid groups (broad SMARTS) is 1. The first-order valence-electron chi connectivity index (χ1n) is 7.21. The highest BCUT2D eigenvalue weighted by molar-refractivity contribution is 6.74. The normalized spacial score (nSPS) is 23.1.